The molecule has 0 aliphatic carbocycles. The molecule has 0 bridgehead atoms. The zero-order chi connectivity index (χ0) is 24.8. The molecular weight excluding hydrogens is 432 g/mol. The second kappa shape index (κ2) is 8.27. The predicted molar refractivity (Wildman–Crippen MR) is 133 cm³/mol. The minimum Gasteiger partial charge on any atom is -0.488 e. The van der Waals surface area contributed by atoms with Gasteiger partial charge in [0.15, 0.2) is 0 Å². The predicted octanol–water partition coefficient (Wildman–Crippen LogP) is 6.21. The van der Waals surface area contributed by atoms with Gasteiger partial charge in [-0.05, 0) is 34.6 Å². The van der Waals surface area contributed by atoms with Gasteiger partial charge in [0.1, 0.15) is 12.4 Å². The summed E-state index contributed by atoms with van der Waals surface area (Å²) >= 11 is 0. The molecule has 4 rings (SSSR count). The van der Waals surface area contributed by atoms with E-state index in [4.69, 9.17) is 9.26 Å². The summed E-state index contributed by atoms with van der Waals surface area (Å²) in [6.45, 7) is 13.4. The van der Waals surface area contributed by atoms with Gasteiger partial charge in [-0.15, -0.1) is 0 Å². The van der Waals surface area contributed by atoms with Crippen LogP contribution in [0.5, 0.6) is 5.75 Å². The smallest absolute Gasteiger partial charge is 0.270 e. The molecule has 0 radical (unpaired) electrons. The molecule has 178 valence electrons. The van der Waals surface area contributed by atoms with Crippen LogP contribution < -0.4 is 10.1 Å². The molecule has 0 saturated carbocycles. The molecule has 2 aromatic carbocycles. The van der Waals surface area contributed by atoms with E-state index in [1.165, 1.54) is 17.7 Å². The van der Waals surface area contributed by atoms with Crippen LogP contribution in [0.1, 0.15) is 64.1 Å². The molecule has 0 spiro atoms. The van der Waals surface area contributed by atoms with Gasteiger partial charge in [-0.2, -0.15) is 4.98 Å². The van der Waals surface area contributed by atoms with E-state index in [1.54, 1.807) is 13.1 Å². The van der Waals surface area contributed by atoms with Crippen LogP contribution in [0, 0.1) is 10.1 Å². The first-order valence-corrected chi connectivity index (χ1v) is 11.2. The zero-order valence-corrected chi connectivity index (χ0v) is 20.6. The highest BCUT2D eigenvalue weighted by molar-refractivity contribution is 5.85. The van der Waals surface area contributed by atoms with Crippen LogP contribution in [-0.4, -0.2) is 28.7 Å². The first-order chi connectivity index (χ1) is 15.9. The van der Waals surface area contributed by atoms with E-state index in [1.807, 2.05) is 6.08 Å². The third-order valence-electron chi connectivity index (χ3n) is 5.92. The fraction of sp³-hybridized carbons (Fsp3) is 0.385. The van der Waals surface area contributed by atoms with Gasteiger partial charge in [0.05, 0.1) is 10.5 Å². The van der Waals surface area contributed by atoms with E-state index in [-0.39, 0.29) is 22.4 Å². The lowest BCUT2D eigenvalue weighted by molar-refractivity contribution is -0.384. The van der Waals surface area contributed by atoms with Crippen molar-refractivity contribution in [1.82, 2.24) is 10.1 Å². The van der Waals surface area contributed by atoms with Gasteiger partial charge in [0, 0.05) is 41.6 Å². The van der Waals surface area contributed by atoms with Crippen molar-refractivity contribution in [1.29, 1.82) is 0 Å². The summed E-state index contributed by atoms with van der Waals surface area (Å²) in [5.41, 5.74) is 5.12. The van der Waals surface area contributed by atoms with Crippen LogP contribution in [0.3, 0.4) is 0 Å². The summed E-state index contributed by atoms with van der Waals surface area (Å²) in [5, 5.41) is 18.4. The Labute approximate surface area is 199 Å². The Morgan fingerprint density at radius 2 is 1.79 bits per heavy atom. The molecule has 1 N–H and O–H groups in total. The summed E-state index contributed by atoms with van der Waals surface area (Å²) in [6.07, 6.45) is 2.05. The summed E-state index contributed by atoms with van der Waals surface area (Å²) in [5.74, 6) is 1.48. The van der Waals surface area contributed by atoms with Crippen molar-refractivity contribution in [2.45, 2.75) is 52.4 Å². The van der Waals surface area contributed by atoms with Crippen molar-refractivity contribution >= 4 is 23.0 Å². The Morgan fingerprint density at radius 3 is 2.41 bits per heavy atom. The number of nitro benzene ring substituents is 1. The Bertz CT molecular complexity index is 1290. The lowest BCUT2D eigenvalue weighted by Crippen LogP contribution is -2.20. The standard InChI is InChI=1S/C26H30N4O4/c1-25(2,3)17-11-15-10-16(14-33-22(15)20(12-17)26(4,5)6)23-28-24(34-29-23)19-13-18(30(31)32)8-9-21(19)27-7/h8-13,27H,14H2,1-7H3. The SMILES string of the molecule is CNc1ccc([N+](=O)[O-])cc1-c1nc(C2=Cc3cc(C(C)(C)C)cc(C(C)(C)C)c3OC2)no1. The molecule has 3 aromatic rings. The summed E-state index contributed by atoms with van der Waals surface area (Å²) in [6, 6.07) is 8.88. The van der Waals surface area contributed by atoms with E-state index in [2.05, 4.69) is 69.1 Å². The van der Waals surface area contributed by atoms with Crippen molar-refractivity contribution in [3.8, 4) is 17.2 Å². The second-order valence-electron chi connectivity index (χ2n) is 10.6. The average Bonchev–Trinajstić information content (AvgIpc) is 3.26. The first kappa shape index (κ1) is 23.5. The van der Waals surface area contributed by atoms with Crippen LogP contribution in [0.4, 0.5) is 11.4 Å². The number of nitrogens with zero attached hydrogens (tertiary/aromatic N) is 3. The van der Waals surface area contributed by atoms with Crippen molar-refractivity contribution in [3.05, 3.63) is 63.0 Å². The molecule has 1 aromatic heterocycles. The van der Waals surface area contributed by atoms with Crippen LogP contribution in [-0.2, 0) is 10.8 Å². The number of aromatic nitrogens is 2. The molecule has 0 atom stereocenters. The third kappa shape index (κ3) is 4.40. The van der Waals surface area contributed by atoms with Crippen LogP contribution in [0.2, 0.25) is 0 Å². The number of anilines is 1. The fourth-order valence-electron chi connectivity index (χ4n) is 3.92. The molecule has 2 heterocycles. The Balaban J connectivity index is 1.78. The highest BCUT2D eigenvalue weighted by Gasteiger charge is 2.28. The highest BCUT2D eigenvalue weighted by atomic mass is 16.6. The largest absolute Gasteiger partial charge is 0.488 e. The van der Waals surface area contributed by atoms with Crippen molar-refractivity contribution < 1.29 is 14.2 Å². The Hall–Kier alpha value is -3.68. The lowest BCUT2D eigenvalue weighted by Gasteiger charge is -2.30. The topological polar surface area (TPSA) is 103 Å². The van der Waals surface area contributed by atoms with Gasteiger partial charge in [-0.25, -0.2) is 0 Å². The average molecular weight is 463 g/mol. The number of hydrogen-bond acceptors (Lipinski definition) is 7. The second-order valence-corrected chi connectivity index (χ2v) is 10.6. The summed E-state index contributed by atoms with van der Waals surface area (Å²) in [4.78, 5) is 15.3. The molecule has 0 amide bonds. The maximum absolute atomic E-state index is 11.2. The van der Waals surface area contributed by atoms with Gasteiger partial charge in [0.25, 0.3) is 11.6 Å². The maximum atomic E-state index is 11.2. The fourth-order valence-corrected chi connectivity index (χ4v) is 3.92. The van der Waals surface area contributed by atoms with Gasteiger partial charge in [-0.3, -0.25) is 10.1 Å². The monoisotopic (exact) mass is 462 g/mol. The van der Waals surface area contributed by atoms with E-state index in [9.17, 15) is 10.1 Å². The summed E-state index contributed by atoms with van der Waals surface area (Å²) in [7, 11) is 1.73. The molecule has 1 aliphatic rings. The minimum atomic E-state index is -0.450. The molecule has 8 heteroatoms. The number of rotatable bonds is 4. The normalized spacial score (nSPS) is 13.7. The zero-order valence-electron chi connectivity index (χ0n) is 20.6. The number of ether oxygens (including phenoxy) is 1. The first-order valence-electron chi connectivity index (χ1n) is 11.2. The van der Waals surface area contributed by atoms with E-state index < -0.39 is 4.92 Å². The quantitative estimate of drug-likeness (QED) is 0.363. The number of fused-ring (bicyclic) bond motifs is 1. The number of nitrogens with one attached hydrogen (secondary N) is 1. The lowest BCUT2D eigenvalue weighted by atomic mass is 9.78. The van der Waals surface area contributed by atoms with E-state index in [0.29, 0.717) is 23.7 Å². The van der Waals surface area contributed by atoms with Crippen LogP contribution >= 0.6 is 0 Å². The number of hydrogen-bond donors (Lipinski definition) is 1. The van der Waals surface area contributed by atoms with Crippen LogP contribution in [0.25, 0.3) is 23.1 Å². The van der Waals surface area contributed by atoms with Gasteiger partial charge >= 0.3 is 0 Å². The summed E-state index contributed by atoms with van der Waals surface area (Å²) < 4.78 is 11.7. The Morgan fingerprint density at radius 1 is 1.06 bits per heavy atom. The van der Waals surface area contributed by atoms with E-state index in [0.717, 1.165) is 22.4 Å². The Kier molecular flexibility index (Phi) is 5.71. The van der Waals surface area contributed by atoms with Gasteiger partial charge in [-0.1, -0.05) is 52.8 Å². The molecule has 8 nitrogen and oxygen atoms in total. The van der Waals surface area contributed by atoms with Gasteiger partial charge in [0.2, 0.25) is 5.82 Å². The third-order valence-corrected chi connectivity index (χ3v) is 5.92. The van der Waals surface area contributed by atoms with E-state index >= 15 is 0 Å². The van der Waals surface area contributed by atoms with Crippen molar-refractivity contribution in [3.63, 3.8) is 0 Å². The molecule has 34 heavy (non-hydrogen) atoms. The van der Waals surface area contributed by atoms with Gasteiger partial charge < -0.3 is 14.6 Å². The van der Waals surface area contributed by atoms with Crippen molar-refractivity contribution in [2.75, 3.05) is 19.0 Å². The molecular formula is C26H30N4O4. The highest BCUT2D eigenvalue weighted by Crippen LogP contribution is 2.42. The molecule has 1 aliphatic heterocycles. The number of benzene rings is 2. The minimum absolute atomic E-state index is 0.0225. The van der Waals surface area contributed by atoms with Crippen molar-refractivity contribution in [2.24, 2.45) is 0 Å². The number of non-ortho nitro benzene ring substituents is 1. The molecule has 0 saturated heterocycles. The maximum Gasteiger partial charge on any atom is 0.270 e. The van der Waals surface area contributed by atoms with Crippen LogP contribution in [0.15, 0.2) is 34.9 Å². The molecule has 0 fully saturated rings. The molecule has 0 unspecified atom stereocenters. The number of nitro groups is 1.